The van der Waals surface area contributed by atoms with Gasteiger partial charge in [0.2, 0.25) is 0 Å². The van der Waals surface area contributed by atoms with Gasteiger partial charge < -0.3 is 13.7 Å². The second kappa shape index (κ2) is 11.8. The molecule has 55 heavy (non-hydrogen) atoms. The molecule has 0 unspecified atom stereocenters. The van der Waals surface area contributed by atoms with E-state index in [1.54, 1.807) is 0 Å². The van der Waals surface area contributed by atoms with Crippen molar-refractivity contribution in [2.45, 2.75) is 0 Å². The lowest BCUT2D eigenvalue weighted by Gasteiger charge is -2.17. The van der Waals surface area contributed by atoms with E-state index in [2.05, 4.69) is 153 Å². The molecular formula is C50H29N5. The van der Waals surface area contributed by atoms with Gasteiger partial charge in [-0.3, -0.25) is 0 Å². The van der Waals surface area contributed by atoms with E-state index in [9.17, 15) is 10.5 Å². The van der Waals surface area contributed by atoms with Crippen molar-refractivity contribution in [3.05, 3.63) is 187 Å². The molecule has 5 nitrogen and oxygen atoms in total. The molecule has 8 aromatic carbocycles. The van der Waals surface area contributed by atoms with Crippen LogP contribution in [0.2, 0.25) is 0 Å². The second-order valence-corrected chi connectivity index (χ2v) is 14.0. The highest BCUT2D eigenvalue weighted by Gasteiger charge is 2.22. The first-order valence-electron chi connectivity index (χ1n) is 18.3. The SMILES string of the molecule is N#Cc1ccc2c3ccccc3n(-c3ccccc3-c3ccc(-n4c5ccccc5c5cccc(-n6c7ccccc7c7ccccc76)c54)cc3C#N)c2c1. The molecule has 5 heteroatoms. The molecule has 0 fully saturated rings. The van der Waals surface area contributed by atoms with Crippen LogP contribution < -0.4 is 0 Å². The summed E-state index contributed by atoms with van der Waals surface area (Å²) in [6, 6.07) is 65.8. The van der Waals surface area contributed by atoms with Crippen LogP contribution in [0.4, 0.5) is 0 Å². The molecule has 0 N–H and O–H groups in total. The minimum Gasteiger partial charge on any atom is -0.309 e. The maximum atomic E-state index is 10.9. The van der Waals surface area contributed by atoms with Crippen LogP contribution >= 0.6 is 0 Å². The fourth-order valence-corrected chi connectivity index (χ4v) is 8.83. The van der Waals surface area contributed by atoms with E-state index in [1.165, 1.54) is 10.8 Å². The highest BCUT2D eigenvalue weighted by molar-refractivity contribution is 6.15. The fraction of sp³-hybridized carbons (Fsp3) is 0. The maximum absolute atomic E-state index is 10.9. The number of para-hydroxylation sites is 6. The molecule has 0 aliphatic heterocycles. The summed E-state index contributed by atoms with van der Waals surface area (Å²) >= 11 is 0. The molecule has 11 aromatic rings. The smallest absolute Gasteiger partial charge is 0.0998 e. The van der Waals surface area contributed by atoms with Crippen molar-refractivity contribution >= 4 is 65.4 Å². The molecule has 0 saturated carbocycles. The zero-order chi connectivity index (χ0) is 36.6. The van der Waals surface area contributed by atoms with Gasteiger partial charge >= 0.3 is 0 Å². The quantitative estimate of drug-likeness (QED) is 0.184. The van der Waals surface area contributed by atoms with Crippen LogP contribution in [-0.4, -0.2) is 13.7 Å². The molecule has 0 saturated heterocycles. The van der Waals surface area contributed by atoms with Gasteiger partial charge in [-0.15, -0.1) is 0 Å². The van der Waals surface area contributed by atoms with Gasteiger partial charge in [-0.2, -0.15) is 10.5 Å². The van der Waals surface area contributed by atoms with Crippen LogP contribution in [0.25, 0.3) is 93.6 Å². The second-order valence-electron chi connectivity index (χ2n) is 14.0. The summed E-state index contributed by atoms with van der Waals surface area (Å²) in [5, 5.41) is 27.6. The molecule has 0 spiro atoms. The van der Waals surface area contributed by atoms with Crippen LogP contribution in [0.1, 0.15) is 11.1 Å². The summed E-state index contributed by atoms with van der Waals surface area (Å²) in [5.41, 5.74) is 12.3. The lowest BCUT2D eigenvalue weighted by Crippen LogP contribution is -2.02. The molecule has 0 bridgehead atoms. The Morgan fingerprint density at radius 1 is 0.345 bits per heavy atom. The van der Waals surface area contributed by atoms with Crippen LogP contribution in [0.5, 0.6) is 0 Å². The van der Waals surface area contributed by atoms with E-state index in [0.29, 0.717) is 11.1 Å². The predicted octanol–water partition coefficient (Wildman–Crippen LogP) is 12.4. The average molecular weight is 700 g/mol. The van der Waals surface area contributed by atoms with E-state index in [0.717, 1.165) is 82.8 Å². The van der Waals surface area contributed by atoms with Crippen LogP contribution in [-0.2, 0) is 0 Å². The standard InChI is InChI=1S/C50H29N5/c51-30-32-24-26-41-39-15-4-10-22-47(39)55(49(41)28-32)44-19-7-1-12-36(44)35-27-25-34(29-33(35)31-52)53-43-18-6-5-16-40(43)42-17-11-23-48(50(42)53)54-45-20-8-2-13-37(45)38-14-3-9-21-46(38)54/h1-29H. The van der Waals surface area contributed by atoms with Gasteiger partial charge in [0.15, 0.2) is 0 Å². The number of nitriles is 2. The number of nitrogens with zero attached hydrogens (tertiary/aromatic N) is 5. The first-order valence-corrected chi connectivity index (χ1v) is 18.3. The monoisotopic (exact) mass is 699 g/mol. The third kappa shape index (κ3) is 4.39. The van der Waals surface area contributed by atoms with Crippen LogP contribution in [0.3, 0.4) is 0 Å². The summed E-state index contributed by atoms with van der Waals surface area (Å²) in [6.45, 7) is 0. The normalized spacial score (nSPS) is 11.6. The van der Waals surface area contributed by atoms with Crippen LogP contribution in [0.15, 0.2) is 176 Å². The van der Waals surface area contributed by atoms with E-state index < -0.39 is 0 Å². The number of hydrogen-bond acceptors (Lipinski definition) is 2. The molecule has 254 valence electrons. The number of aromatic nitrogens is 3. The zero-order valence-corrected chi connectivity index (χ0v) is 29.5. The van der Waals surface area contributed by atoms with Gasteiger partial charge in [0.25, 0.3) is 0 Å². The van der Waals surface area contributed by atoms with Crippen molar-refractivity contribution in [1.29, 1.82) is 10.5 Å². The maximum Gasteiger partial charge on any atom is 0.0998 e. The minimum atomic E-state index is 0.573. The topological polar surface area (TPSA) is 62.4 Å². The number of fused-ring (bicyclic) bond motifs is 9. The number of hydrogen-bond donors (Lipinski definition) is 0. The predicted molar refractivity (Wildman–Crippen MR) is 224 cm³/mol. The van der Waals surface area contributed by atoms with Crippen LogP contribution in [0, 0.1) is 22.7 Å². The number of rotatable bonds is 4. The van der Waals surface area contributed by atoms with Crippen molar-refractivity contribution in [1.82, 2.24) is 13.7 Å². The molecule has 3 heterocycles. The van der Waals surface area contributed by atoms with Crippen molar-refractivity contribution in [2.75, 3.05) is 0 Å². The van der Waals surface area contributed by atoms with E-state index in [1.807, 2.05) is 48.5 Å². The molecule has 0 atom stereocenters. The summed E-state index contributed by atoms with van der Waals surface area (Å²) < 4.78 is 6.92. The van der Waals surface area contributed by atoms with Gasteiger partial charge in [-0.05, 0) is 60.7 Å². The molecule has 0 amide bonds. The van der Waals surface area contributed by atoms with Gasteiger partial charge in [0.1, 0.15) is 0 Å². The Morgan fingerprint density at radius 3 is 1.49 bits per heavy atom. The summed E-state index contributed by atoms with van der Waals surface area (Å²) in [4.78, 5) is 0. The third-order valence-corrected chi connectivity index (χ3v) is 11.1. The first-order chi connectivity index (χ1) is 27.2. The van der Waals surface area contributed by atoms with Gasteiger partial charge in [0, 0.05) is 49.1 Å². The summed E-state index contributed by atoms with van der Waals surface area (Å²) in [7, 11) is 0. The average Bonchev–Trinajstić information content (AvgIpc) is 3.89. The molecular weight excluding hydrogens is 671 g/mol. The highest BCUT2D eigenvalue weighted by Crippen LogP contribution is 2.41. The number of benzene rings is 8. The van der Waals surface area contributed by atoms with E-state index >= 15 is 0 Å². The van der Waals surface area contributed by atoms with E-state index in [-0.39, 0.29) is 0 Å². The third-order valence-electron chi connectivity index (χ3n) is 11.1. The Bertz CT molecular complexity index is 3420. The summed E-state index contributed by atoms with van der Waals surface area (Å²) in [5.74, 6) is 0. The lowest BCUT2D eigenvalue weighted by atomic mass is 9.97. The van der Waals surface area contributed by atoms with Crippen molar-refractivity contribution in [3.8, 4) is 40.3 Å². The van der Waals surface area contributed by atoms with E-state index in [4.69, 9.17) is 0 Å². The molecule has 11 rings (SSSR count). The van der Waals surface area contributed by atoms with Gasteiger partial charge in [-0.25, -0.2) is 0 Å². The van der Waals surface area contributed by atoms with Gasteiger partial charge in [-0.1, -0.05) is 115 Å². The highest BCUT2D eigenvalue weighted by atomic mass is 15.1. The fourth-order valence-electron chi connectivity index (χ4n) is 8.83. The molecule has 0 radical (unpaired) electrons. The zero-order valence-electron chi connectivity index (χ0n) is 29.5. The Balaban J connectivity index is 1.17. The summed E-state index contributed by atoms with van der Waals surface area (Å²) in [6.07, 6.45) is 0. The Labute approximate surface area is 316 Å². The van der Waals surface area contributed by atoms with Crippen molar-refractivity contribution < 1.29 is 0 Å². The molecule has 0 aliphatic rings. The Kier molecular flexibility index (Phi) is 6.61. The van der Waals surface area contributed by atoms with Crippen molar-refractivity contribution in [2.24, 2.45) is 0 Å². The van der Waals surface area contributed by atoms with Crippen molar-refractivity contribution in [3.63, 3.8) is 0 Å². The van der Waals surface area contributed by atoms with Gasteiger partial charge in [0.05, 0.1) is 67.7 Å². The minimum absolute atomic E-state index is 0.573. The lowest BCUT2D eigenvalue weighted by molar-refractivity contribution is 1.13. The Morgan fingerprint density at radius 2 is 0.855 bits per heavy atom. The molecule has 0 aliphatic carbocycles. The molecule has 3 aromatic heterocycles. The largest absolute Gasteiger partial charge is 0.309 e. The first kappa shape index (κ1) is 30.7. The Hall–Kier alpha value is -7.86.